The van der Waals surface area contributed by atoms with Crippen molar-refractivity contribution in [1.29, 1.82) is 0 Å². The zero-order valence-electron chi connectivity index (χ0n) is 22.2. The van der Waals surface area contributed by atoms with Gasteiger partial charge in [0.15, 0.2) is 0 Å². The lowest BCUT2D eigenvalue weighted by Gasteiger charge is -2.38. The maximum Gasteiger partial charge on any atom is 0.331 e. The number of nitrogens with two attached hydrogens (primary N) is 1. The number of nitrogens with zero attached hydrogens (tertiary/aromatic N) is 4. The number of amides is 3. The first-order chi connectivity index (χ1) is 19.6. The molecule has 1 aromatic heterocycles. The van der Waals surface area contributed by atoms with Crippen molar-refractivity contribution in [1.82, 2.24) is 18.9 Å². The zero-order chi connectivity index (χ0) is 29.3. The van der Waals surface area contributed by atoms with Crippen LogP contribution in [0.2, 0.25) is 5.02 Å². The summed E-state index contributed by atoms with van der Waals surface area (Å²) in [6, 6.07) is 11.8. The number of likely N-dealkylation sites (tertiary alicyclic amines) is 1. The van der Waals surface area contributed by atoms with E-state index in [9.17, 15) is 28.4 Å². The minimum Gasteiger partial charge on any atom is -0.368 e. The van der Waals surface area contributed by atoms with Crippen molar-refractivity contribution in [2.75, 3.05) is 19.6 Å². The Morgan fingerprint density at radius 2 is 1.63 bits per heavy atom. The second-order valence-electron chi connectivity index (χ2n) is 10.3. The molecule has 0 unspecified atom stereocenters. The van der Waals surface area contributed by atoms with Crippen molar-refractivity contribution < 1.29 is 18.8 Å². The summed E-state index contributed by atoms with van der Waals surface area (Å²) in [5.74, 6) is -2.00. The van der Waals surface area contributed by atoms with Gasteiger partial charge in [0, 0.05) is 37.4 Å². The Morgan fingerprint density at radius 1 is 0.927 bits per heavy atom. The molecule has 0 spiro atoms. The SMILES string of the molecule is NC(=O)Cn1c(=O)c(-c2cccc(F)c2Cl)cn(CC(=O)N2CCC(N3CCc4ccccc4CC3=O)CC2)c1=O. The van der Waals surface area contributed by atoms with Crippen LogP contribution in [-0.2, 0) is 40.3 Å². The summed E-state index contributed by atoms with van der Waals surface area (Å²) < 4.78 is 15.8. The summed E-state index contributed by atoms with van der Waals surface area (Å²) in [7, 11) is 0. The van der Waals surface area contributed by atoms with Gasteiger partial charge in [-0.25, -0.2) is 9.18 Å². The highest BCUT2D eigenvalue weighted by atomic mass is 35.5. The van der Waals surface area contributed by atoms with E-state index < -0.39 is 36.1 Å². The van der Waals surface area contributed by atoms with Gasteiger partial charge in [0.25, 0.3) is 5.56 Å². The van der Waals surface area contributed by atoms with Crippen LogP contribution >= 0.6 is 11.6 Å². The van der Waals surface area contributed by atoms with Crippen LogP contribution in [0.5, 0.6) is 0 Å². The van der Waals surface area contributed by atoms with E-state index in [1.165, 1.54) is 17.7 Å². The van der Waals surface area contributed by atoms with E-state index in [0.717, 1.165) is 28.8 Å². The lowest BCUT2D eigenvalue weighted by molar-refractivity contribution is -0.136. The van der Waals surface area contributed by atoms with Gasteiger partial charge in [-0.1, -0.05) is 48.0 Å². The molecule has 1 fully saturated rings. The molecule has 0 radical (unpaired) electrons. The molecule has 0 atom stereocenters. The zero-order valence-corrected chi connectivity index (χ0v) is 23.0. The first kappa shape index (κ1) is 28.3. The number of hydrogen-bond donors (Lipinski definition) is 1. The van der Waals surface area contributed by atoms with Crippen LogP contribution < -0.4 is 17.0 Å². The van der Waals surface area contributed by atoms with Gasteiger partial charge in [-0.2, -0.15) is 0 Å². The number of primary amides is 1. The topological polar surface area (TPSA) is 128 Å². The van der Waals surface area contributed by atoms with Crippen LogP contribution in [0.15, 0.2) is 58.3 Å². The van der Waals surface area contributed by atoms with E-state index in [-0.39, 0.29) is 34.0 Å². The lowest BCUT2D eigenvalue weighted by atomic mass is 10.0. The first-order valence-electron chi connectivity index (χ1n) is 13.3. The molecule has 2 aliphatic rings. The molecular formula is C29H29ClFN5O5. The highest BCUT2D eigenvalue weighted by Gasteiger charge is 2.31. The molecule has 3 heterocycles. The molecule has 0 aliphatic carbocycles. The summed E-state index contributed by atoms with van der Waals surface area (Å²) >= 11 is 6.10. The van der Waals surface area contributed by atoms with E-state index in [0.29, 0.717) is 43.5 Å². The second kappa shape index (κ2) is 11.7. The number of rotatable bonds is 6. The van der Waals surface area contributed by atoms with E-state index in [4.69, 9.17) is 17.3 Å². The number of hydrogen-bond acceptors (Lipinski definition) is 5. The number of fused-ring (bicyclic) bond motifs is 1. The molecule has 2 aliphatic heterocycles. The minimum atomic E-state index is -0.933. The van der Waals surface area contributed by atoms with E-state index in [1.54, 1.807) is 4.90 Å². The van der Waals surface area contributed by atoms with E-state index >= 15 is 0 Å². The molecule has 12 heteroatoms. The highest BCUT2D eigenvalue weighted by molar-refractivity contribution is 6.33. The van der Waals surface area contributed by atoms with E-state index in [2.05, 4.69) is 6.07 Å². The van der Waals surface area contributed by atoms with Crippen molar-refractivity contribution in [2.45, 2.75) is 44.8 Å². The largest absolute Gasteiger partial charge is 0.368 e. The molecule has 3 aromatic rings. The van der Waals surface area contributed by atoms with Crippen molar-refractivity contribution >= 4 is 29.3 Å². The Bertz CT molecular complexity index is 1640. The molecule has 5 rings (SSSR count). The molecule has 0 bridgehead atoms. The van der Waals surface area contributed by atoms with Gasteiger partial charge in [0.2, 0.25) is 17.7 Å². The van der Waals surface area contributed by atoms with Gasteiger partial charge in [-0.15, -0.1) is 0 Å². The molecule has 0 saturated carbocycles. The van der Waals surface area contributed by atoms with Gasteiger partial charge < -0.3 is 15.5 Å². The van der Waals surface area contributed by atoms with Crippen LogP contribution in [-0.4, -0.2) is 62.3 Å². The summed E-state index contributed by atoms with van der Waals surface area (Å²) in [6.45, 7) is 0.264. The average molecular weight is 582 g/mol. The van der Waals surface area contributed by atoms with Gasteiger partial charge >= 0.3 is 5.69 Å². The van der Waals surface area contributed by atoms with Crippen LogP contribution in [0.3, 0.4) is 0 Å². The normalized spacial score (nSPS) is 15.9. The smallest absolute Gasteiger partial charge is 0.331 e. The molecule has 214 valence electrons. The third-order valence-corrected chi connectivity index (χ3v) is 8.14. The summed E-state index contributed by atoms with van der Waals surface area (Å²) in [5, 5.41) is -0.333. The third-order valence-electron chi connectivity index (χ3n) is 7.76. The lowest BCUT2D eigenvalue weighted by Crippen LogP contribution is -2.50. The van der Waals surface area contributed by atoms with Crippen LogP contribution in [0.1, 0.15) is 24.0 Å². The molecule has 10 nitrogen and oxygen atoms in total. The maximum absolute atomic E-state index is 14.2. The Morgan fingerprint density at radius 3 is 2.34 bits per heavy atom. The molecule has 1 saturated heterocycles. The number of aromatic nitrogens is 2. The number of carbonyl (C=O) groups excluding carboxylic acids is 3. The van der Waals surface area contributed by atoms with Crippen LogP contribution in [0.4, 0.5) is 4.39 Å². The minimum absolute atomic E-state index is 0.00257. The van der Waals surface area contributed by atoms with Gasteiger partial charge in [0.1, 0.15) is 18.9 Å². The first-order valence-corrected chi connectivity index (χ1v) is 13.7. The van der Waals surface area contributed by atoms with Gasteiger partial charge in [-0.3, -0.25) is 28.3 Å². The summed E-state index contributed by atoms with van der Waals surface area (Å²) in [6.07, 6.45) is 3.47. The number of piperidine rings is 1. The quantitative estimate of drug-likeness (QED) is 0.473. The standard InChI is InChI=1S/C29H29ClFN5O5/c30-27-21(6-3-7-23(27)31)22-15-34(29(41)36(28(22)40)16-24(32)37)17-26(39)33-11-9-20(10-12-33)35-13-8-18-4-1-2-5-19(18)14-25(35)38/h1-7,15,20H,8-14,16-17H2,(H2,32,37). The Labute approximate surface area is 239 Å². The fourth-order valence-corrected chi connectivity index (χ4v) is 5.85. The Hall–Kier alpha value is -4.25. The second-order valence-corrected chi connectivity index (χ2v) is 10.7. The van der Waals surface area contributed by atoms with Crippen LogP contribution in [0, 0.1) is 5.82 Å². The Kier molecular flexibility index (Phi) is 8.07. The summed E-state index contributed by atoms with van der Waals surface area (Å²) in [4.78, 5) is 67.6. The van der Waals surface area contributed by atoms with Crippen molar-refractivity contribution in [3.63, 3.8) is 0 Å². The van der Waals surface area contributed by atoms with Crippen molar-refractivity contribution in [3.8, 4) is 11.1 Å². The van der Waals surface area contributed by atoms with Crippen molar-refractivity contribution in [2.24, 2.45) is 5.73 Å². The average Bonchev–Trinajstić information content (AvgIpc) is 3.12. The van der Waals surface area contributed by atoms with Crippen LogP contribution in [0.25, 0.3) is 11.1 Å². The van der Waals surface area contributed by atoms with Gasteiger partial charge in [-0.05, 0) is 36.5 Å². The fourth-order valence-electron chi connectivity index (χ4n) is 5.62. The van der Waals surface area contributed by atoms with Gasteiger partial charge in [0.05, 0.1) is 17.0 Å². The highest BCUT2D eigenvalue weighted by Crippen LogP contribution is 2.28. The Balaban J connectivity index is 1.33. The molecule has 2 aromatic carbocycles. The monoisotopic (exact) mass is 581 g/mol. The third kappa shape index (κ3) is 5.81. The molecule has 41 heavy (non-hydrogen) atoms. The molecular weight excluding hydrogens is 553 g/mol. The molecule has 3 amide bonds. The predicted molar refractivity (Wildman–Crippen MR) is 150 cm³/mol. The fraction of sp³-hybridized carbons (Fsp3) is 0.345. The number of carbonyl (C=O) groups is 3. The molecule has 2 N–H and O–H groups in total. The van der Waals surface area contributed by atoms with Crippen molar-refractivity contribution in [3.05, 3.63) is 91.5 Å². The number of benzene rings is 2. The summed E-state index contributed by atoms with van der Waals surface area (Å²) in [5.41, 5.74) is 5.57. The predicted octanol–water partition coefficient (Wildman–Crippen LogP) is 1.57. The maximum atomic E-state index is 14.2. The number of halogens is 2. The van der Waals surface area contributed by atoms with E-state index in [1.807, 2.05) is 23.1 Å².